The molecular formula is C11H17N. The third-order valence-corrected chi connectivity index (χ3v) is 1.82. The highest BCUT2D eigenvalue weighted by molar-refractivity contribution is 6.08. The Labute approximate surface area is 74.9 Å². The molecule has 0 amide bonds. The maximum absolute atomic E-state index is 4.21. The monoisotopic (exact) mass is 163 g/mol. The molecule has 1 nitrogen and oxygen atoms in total. The quantitative estimate of drug-likeness (QED) is 0.567. The first-order valence-corrected chi connectivity index (χ1v) is 4.54. The maximum atomic E-state index is 4.21. The summed E-state index contributed by atoms with van der Waals surface area (Å²) in [5.74, 6) is 0.633. The molecule has 1 heterocycles. The minimum atomic E-state index is 0.480. The predicted molar refractivity (Wildman–Crippen MR) is 54.6 cm³/mol. The van der Waals surface area contributed by atoms with E-state index in [1.54, 1.807) is 0 Å². The van der Waals surface area contributed by atoms with Crippen LogP contribution in [0.2, 0.25) is 0 Å². The molecule has 0 N–H and O–H groups in total. The second-order valence-electron chi connectivity index (χ2n) is 3.72. The van der Waals surface area contributed by atoms with E-state index in [9.17, 15) is 0 Å². The van der Waals surface area contributed by atoms with Gasteiger partial charge in [-0.1, -0.05) is 31.6 Å². The second kappa shape index (κ2) is 3.70. The molecule has 66 valence electrons. The molecule has 0 aromatic carbocycles. The lowest BCUT2D eigenvalue weighted by atomic mass is 10.1. The maximum Gasteiger partial charge on any atom is 0.0891 e. The summed E-state index contributed by atoms with van der Waals surface area (Å²) in [5.41, 5.74) is 2.55. The first-order chi connectivity index (χ1) is 5.59. The molecule has 0 spiro atoms. The van der Waals surface area contributed by atoms with Crippen molar-refractivity contribution in [3.63, 3.8) is 0 Å². The summed E-state index contributed by atoms with van der Waals surface area (Å²) < 4.78 is 0. The van der Waals surface area contributed by atoms with E-state index >= 15 is 0 Å². The fourth-order valence-corrected chi connectivity index (χ4v) is 1.17. The summed E-state index contributed by atoms with van der Waals surface area (Å²) in [7, 11) is 0. The molecule has 12 heavy (non-hydrogen) atoms. The van der Waals surface area contributed by atoms with Crippen LogP contribution in [0.3, 0.4) is 0 Å². The first kappa shape index (κ1) is 9.24. The standard InChI is InChI=1S/C11H17N/c1-8(2)7-9(3)5-6-11-10(4)12-11/h5-8,10H,1-4H3/b6-5-,9-7-. The molecule has 1 aliphatic rings. The van der Waals surface area contributed by atoms with Gasteiger partial charge in [0.05, 0.1) is 11.8 Å². The lowest BCUT2D eigenvalue weighted by Crippen LogP contribution is -1.85. The zero-order valence-electron chi connectivity index (χ0n) is 8.33. The Morgan fingerprint density at radius 1 is 1.50 bits per heavy atom. The summed E-state index contributed by atoms with van der Waals surface area (Å²) in [6.07, 6.45) is 6.51. The van der Waals surface area contributed by atoms with Gasteiger partial charge in [0, 0.05) is 0 Å². The molecule has 0 saturated heterocycles. The smallest absolute Gasteiger partial charge is 0.0891 e. The van der Waals surface area contributed by atoms with E-state index in [1.165, 1.54) is 11.3 Å². The van der Waals surface area contributed by atoms with Crippen LogP contribution in [0.5, 0.6) is 0 Å². The Morgan fingerprint density at radius 3 is 2.50 bits per heavy atom. The Morgan fingerprint density at radius 2 is 2.08 bits per heavy atom. The average Bonchev–Trinajstić information content (AvgIpc) is 2.61. The molecule has 1 unspecified atom stereocenters. The fraction of sp³-hybridized carbons (Fsp3) is 0.545. The van der Waals surface area contributed by atoms with Crippen LogP contribution >= 0.6 is 0 Å². The van der Waals surface area contributed by atoms with Crippen molar-refractivity contribution >= 4 is 5.71 Å². The normalized spacial score (nSPS) is 23.6. The zero-order valence-corrected chi connectivity index (χ0v) is 8.33. The summed E-state index contributed by atoms with van der Waals surface area (Å²) in [6.45, 7) is 8.62. The lowest BCUT2D eigenvalue weighted by Gasteiger charge is -1.95. The molecule has 0 aliphatic carbocycles. The zero-order chi connectivity index (χ0) is 9.14. The first-order valence-electron chi connectivity index (χ1n) is 4.54. The third-order valence-electron chi connectivity index (χ3n) is 1.82. The van der Waals surface area contributed by atoms with Crippen LogP contribution in [0.25, 0.3) is 0 Å². The highest BCUT2D eigenvalue weighted by Gasteiger charge is 2.17. The van der Waals surface area contributed by atoms with Gasteiger partial charge < -0.3 is 0 Å². The Hall–Kier alpha value is -0.850. The van der Waals surface area contributed by atoms with Crippen LogP contribution in [0, 0.1) is 5.92 Å². The largest absolute Gasteiger partial charge is 0.278 e. The van der Waals surface area contributed by atoms with Gasteiger partial charge in [0.1, 0.15) is 0 Å². The Balaban J connectivity index is 2.40. The van der Waals surface area contributed by atoms with Gasteiger partial charge in [0.25, 0.3) is 0 Å². The summed E-state index contributed by atoms with van der Waals surface area (Å²) in [6, 6.07) is 0.480. The van der Waals surface area contributed by atoms with Crippen molar-refractivity contribution in [2.75, 3.05) is 0 Å². The van der Waals surface area contributed by atoms with Crippen molar-refractivity contribution in [3.8, 4) is 0 Å². The second-order valence-corrected chi connectivity index (χ2v) is 3.72. The van der Waals surface area contributed by atoms with Gasteiger partial charge in [0.2, 0.25) is 0 Å². The third kappa shape index (κ3) is 3.04. The van der Waals surface area contributed by atoms with E-state index in [1.807, 2.05) is 0 Å². The van der Waals surface area contributed by atoms with Gasteiger partial charge in [0.15, 0.2) is 0 Å². The van der Waals surface area contributed by atoms with Crippen LogP contribution in [0.4, 0.5) is 0 Å². The highest BCUT2D eigenvalue weighted by Crippen LogP contribution is 2.12. The van der Waals surface area contributed by atoms with Crippen LogP contribution < -0.4 is 0 Å². The fourth-order valence-electron chi connectivity index (χ4n) is 1.17. The Kier molecular flexibility index (Phi) is 2.85. The van der Waals surface area contributed by atoms with Gasteiger partial charge >= 0.3 is 0 Å². The van der Waals surface area contributed by atoms with Gasteiger partial charge in [-0.05, 0) is 25.8 Å². The minimum absolute atomic E-state index is 0.480. The number of hydrogen-bond donors (Lipinski definition) is 0. The van der Waals surface area contributed by atoms with Crippen molar-refractivity contribution in [2.45, 2.75) is 33.7 Å². The van der Waals surface area contributed by atoms with Crippen LogP contribution in [-0.4, -0.2) is 11.8 Å². The number of allylic oxidation sites excluding steroid dienone is 3. The van der Waals surface area contributed by atoms with Crippen LogP contribution in [0.1, 0.15) is 27.7 Å². The summed E-state index contributed by atoms with van der Waals surface area (Å²) in [4.78, 5) is 4.21. The number of rotatable bonds is 3. The van der Waals surface area contributed by atoms with E-state index < -0.39 is 0 Å². The molecule has 0 radical (unpaired) electrons. The molecule has 1 aliphatic heterocycles. The van der Waals surface area contributed by atoms with Gasteiger partial charge in [-0.15, -0.1) is 0 Å². The van der Waals surface area contributed by atoms with Crippen LogP contribution in [0.15, 0.2) is 28.8 Å². The number of nitrogens with zero attached hydrogens (tertiary/aromatic N) is 1. The highest BCUT2D eigenvalue weighted by atomic mass is 14.9. The molecule has 0 fully saturated rings. The minimum Gasteiger partial charge on any atom is -0.278 e. The molecular weight excluding hydrogens is 146 g/mol. The van der Waals surface area contributed by atoms with Crippen molar-refractivity contribution in [2.24, 2.45) is 10.9 Å². The van der Waals surface area contributed by atoms with E-state index in [0.717, 1.165) is 0 Å². The molecule has 0 aromatic heterocycles. The van der Waals surface area contributed by atoms with Crippen molar-refractivity contribution < 1.29 is 0 Å². The van der Waals surface area contributed by atoms with Crippen molar-refractivity contribution in [1.82, 2.24) is 0 Å². The average molecular weight is 163 g/mol. The molecule has 1 atom stereocenters. The molecule has 1 heteroatoms. The lowest BCUT2D eigenvalue weighted by molar-refractivity contribution is 0.825. The van der Waals surface area contributed by atoms with E-state index in [-0.39, 0.29) is 0 Å². The Bertz CT molecular complexity index is 244. The van der Waals surface area contributed by atoms with Gasteiger partial charge in [-0.25, -0.2) is 0 Å². The van der Waals surface area contributed by atoms with Crippen molar-refractivity contribution in [1.29, 1.82) is 0 Å². The molecule has 1 rings (SSSR count). The topological polar surface area (TPSA) is 12.4 Å². The molecule has 0 saturated carbocycles. The van der Waals surface area contributed by atoms with E-state index in [0.29, 0.717) is 12.0 Å². The SMILES string of the molecule is CC(/C=C\C1=NC1C)=C/C(C)C. The van der Waals surface area contributed by atoms with Crippen LogP contribution in [-0.2, 0) is 0 Å². The molecule has 0 bridgehead atoms. The summed E-state index contributed by atoms with van der Waals surface area (Å²) in [5, 5.41) is 0. The van der Waals surface area contributed by atoms with E-state index in [2.05, 4.69) is 50.9 Å². The predicted octanol–water partition coefficient (Wildman–Crippen LogP) is 2.99. The number of aliphatic imine (C=N–C) groups is 1. The van der Waals surface area contributed by atoms with E-state index in [4.69, 9.17) is 0 Å². The van der Waals surface area contributed by atoms with Gasteiger partial charge in [-0.2, -0.15) is 0 Å². The van der Waals surface area contributed by atoms with Gasteiger partial charge in [-0.3, -0.25) is 4.99 Å². The van der Waals surface area contributed by atoms with Crippen molar-refractivity contribution in [3.05, 3.63) is 23.8 Å². The summed E-state index contributed by atoms with van der Waals surface area (Å²) >= 11 is 0. The number of hydrogen-bond acceptors (Lipinski definition) is 1. The molecule has 0 aromatic rings.